The average molecular weight is 436 g/mol. The molecule has 0 radical (unpaired) electrons. The smallest absolute Gasteiger partial charge is 0.261 e. The quantitative estimate of drug-likeness (QED) is 0.567. The Balaban J connectivity index is 2.05. The Morgan fingerprint density at radius 1 is 1.19 bits per heavy atom. The third kappa shape index (κ3) is 3.41. The van der Waals surface area contributed by atoms with Crippen LogP contribution >= 0.6 is 15.9 Å². The number of furan rings is 1. The minimum Gasteiger partial charge on any atom is -0.459 e. The van der Waals surface area contributed by atoms with Crippen LogP contribution < -0.4 is 4.72 Å². The number of carbonyl (C=O) groups excluding carboxylic acids is 1. The van der Waals surface area contributed by atoms with E-state index in [4.69, 9.17) is 4.42 Å². The van der Waals surface area contributed by atoms with E-state index in [2.05, 4.69) is 20.7 Å². The summed E-state index contributed by atoms with van der Waals surface area (Å²) in [6.07, 6.45) is 0.838. The van der Waals surface area contributed by atoms with Crippen LogP contribution in [0.1, 0.15) is 35.5 Å². The fourth-order valence-corrected chi connectivity index (χ4v) is 4.47. The minimum atomic E-state index is -3.74. The van der Waals surface area contributed by atoms with Crippen LogP contribution in [0.15, 0.2) is 50.2 Å². The molecule has 3 aromatic rings. The molecule has 1 aromatic heterocycles. The Labute approximate surface area is 160 Å². The average Bonchev–Trinajstić information content (AvgIpc) is 2.91. The third-order valence-electron chi connectivity index (χ3n) is 4.17. The lowest BCUT2D eigenvalue weighted by atomic mass is 10.1. The maximum absolute atomic E-state index is 12.7. The van der Waals surface area contributed by atoms with E-state index >= 15 is 0 Å². The molecule has 0 bridgehead atoms. The number of anilines is 1. The molecule has 5 nitrogen and oxygen atoms in total. The predicted molar refractivity (Wildman–Crippen MR) is 105 cm³/mol. The standard InChI is InChI=1S/C19H18BrNO4S/c1-4-13-5-7-15(8-6-13)26(23,24)21-14-9-16-18(11(2)22)12(3)25-19(16)17(20)10-14/h5-10,21H,4H2,1-3H3. The monoisotopic (exact) mass is 435 g/mol. The van der Waals surface area contributed by atoms with Crippen LogP contribution in [-0.2, 0) is 16.4 Å². The Morgan fingerprint density at radius 3 is 2.42 bits per heavy atom. The number of Topliss-reactive ketones (excluding diaryl/α,β-unsaturated/α-hetero) is 1. The van der Waals surface area contributed by atoms with Crippen LogP contribution in [0.25, 0.3) is 11.0 Å². The molecule has 1 heterocycles. The molecule has 0 saturated heterocycles. The van der Waals surface area contributed by atoms with Crippen molar-refractivity contribution >= 4 is 48.4 Å². The number of hydrogen-bond donors (Lipinski definition) is 1. The van der Waals surface area contributed by atoms with Crippen LogP contribution in [0, 0.1) is 6.92 Å². The predicted octanol–water partition coefficient (Wildman–Crippen LogP) is 5.07. The molecule has 0 aliphatic rings. The van der Waals surface area contributed by atoms with Gasteiger partial charge in [0.2, 0.25) is 0 Å². The summed E-state index contributed by atoms with van der Waals surface area (Å²) < 4.78 is 34.1. The molecular formula is C19H18BrNO4S. The van der Waals surface area contributed by atoms with Gasteiger partial charge in [-0.15, -0.1) is 0 Å². The summed E-state index contributed by atoms with van der Waals surface area (Å²) in [4.78, 5) is 12.1. The Hall–Kier alpha value is -2.12. The summed E-state index contributed by atoms with van der Waals surface area (Å²) in [5.41, 5.74) is 2.39. The molecule has 0 fully saturated rings. The largest absolute Gasteiger partial charge is 0.459 e. The molecule has 0 aliphatic carbocycles. The van der Waals surface area contributed by atoms with Crippen molar-refractivity contribution in [3.63, 3.8) is 0 Å². The van der Waals surface area contributed by atoms with Gasteiger partial charge in [-0.25, -0.2) is 8.42 Å². The molecule has 0 unspecified atom stereocenters. The van der Waals surface area contributed by atoms with Gasteiger partial charge in [0.25, 0.3) is 10.0 Å². The maximum Gasteiger partial charge on any atom is 0.261 e. The second-order valence-electron chi connectivity index (χ2n) is 6.03. The number of ketones is 1. The molecule has 26 heavy (non-hydrogen) atoms. The van der Waals surface area contributed by atoms with Crippen LogP contribution in [0.2, 0.25) is 0 Å². The Morgan fingerprint density at radius 2 is 1.85 bits per heavy atom. The van der Waals surface area contributed by atoms with Crippen molar-refractivity contribution in [3.05, 3.63) is 57.8 Å². The second kappa shape index (κ2) is 6.89. The van der Waals surface area contributed by atoms with Crippen molar-refractivity contribution < 1.29 is 17.6 Å². The fraction of sp³-hybridized carbons (Fsp3) is 0.211. The van der Waals surface area contributed by atoms with Gasteiger partial charge < -0.3 is 4.42 Å². The number of carbonyl (C=O) groups is 1. The van der Waals surface area contributed by atoms with Gasteiger partial charge in [0.05, 0.1) is 20.6 Å². The first-order valence-corrected chi connectivity index (χ1v) is 10.4. The van der Waals surface area contributed by atoms with Gasteiger partial charge in [-0.1, -0.05) is 19.1 Å². The maximum atomic E-state index is 12.7. The van der Waals surface area contributed by atoms with E-state index < -0.39 is 10.0 Å². The highest BCUT2D eigenvalue weighted by atomic mass is 79.9. The van der Waals surface area contributed by atoms with Crippen molar-refractivity contribution in [2.24, 2.45) is 0 Å². The number of benzene rings is 2. The lowest BCUT2D eigenvalue weighted by Crippen LogP contribution is -2.13. The number of nitrogens with one attached hydrogen (secondary N) is 1. The molecule has 7 heteroatoms. The highest BCUT2D eigenvalue weighted by Crippen LogP contribution is 2.35. The van der Waals surface area contributed by atoms with E-state index in [1.165, 1.54) is 6.92 Å². The van der Waals surface area contributed by atoms with E-state index in [0.717, 1.165) is 12.0 Å². The number of fused-ring (bicyclic) bond motifs is 1. The highest BCUT2D eigenvalue weighted by Gasteiger charge is 2.20. The normalized spacial score (nSPS) is 11.7. The summed E-state index contributed by atoms with van der Waals surface area (Å²) in [6.45, 7) is 5.17. The van der Waals surface area contributed by atoms with Gasteiger partial charge >= 0.3 is 0 Å². The Bertz CT molecular complexity index is 1100. The number of hydrogen-bond acceptors (Lipinski definition) is 4. The van der Waals surface area contributed by atoms with E-state index in [1.54, 1.807) is 43.3 Å². The topological polar surface area (TPSA) is 76.4 Å². The van der Waals surface area contributed by atoms with E-state index in [1.807, 2.05) is 6.92 Å². The van der Waals surface area contributed by atoms with Crippen molar-refractivity contribution in [2.45, 2.75) is 32.1 Å². The molecular weight excluding hydrogens is 418 g/mol. The van der Waals surface area contributed by atoms with E-state index in [-0.39, 0.29) is 10.7 Å². The molecule has 0 aliphatic heterocycles. The van der Waals surface area contributed by atoms with E-state index in [0.29, 0.717) is 32.5 Å². The Kier molecular flexibility index (Phi) is 4.94. The number of aryl methyl sites for hydroxylation is 2. The van der Waals surface area contributed by atoms with Crippen LogP contribution in [0.5, 0.6) is 0 Å². The van der Waals surface area contributed by atoms with Gasteiger partial charge in [-0.05, 0) is 66.0 Å². The van der Waals surface area contributed by atoms with Crippen molar-refractivity contribution in [1.82, 2.24) is 0 Å². The lowest BCUT2D eigenvalue weighted by molar-refractivity contribution is 0.101. The van der Waals surface area contributed by atoms with Crippen LogP contribution in [0.3, 0.4) is 0 Å². The van der Waals surface area contributed by atoms with Gasteiger partial charge in [0.1, 0.15) is 11.3 Å². The lowest BCUT2D eigenvalue weighted by Gasteiger charge is -2.09. The van der Waals surface area contributed by atoms with Crippen molar-refractivity contribution in [2.75, 3.05) is 4.72 Å². The molecule has 0 amide bonds. The molecule has 0 spiro atoms. The molecule has 1 N–H and O–H groups in total. The first kappa shape index (κ1) is 18.7. The minimum absolute atomic E-state index is 0.136. The van der Waals surface area contributed by atoms with Crippen molar-refractivity contribution in [1.29, 1.82) is 0 Å². The number of rotatable bonds is 5. The van der Waals surface area contributed by atoms with Gasteiger partial charge in [-0.2, -0.15) is 0 Å². The first-order valence-electron chi connectivity index (χ1n) is 8.08. The molecule has 2 aromatic carbocycles. The third-order valence-corrected chi connectivity index (χ3v) is 6.15. The van der Waals surface area contributed by atoms with Crippen molar-refractivity contribution in [3.8, 4) is 0 Å². The second-order valence-corrected chi connectivity index (χ2v) is 8.56. The zero-order valence-electron chi connectivity index (χ0n) is 14.6. The number of halogens is 1. The van der Waals surface area contributed by atoms with Crippen LogP contribution in [0.4, 0.5) is 5.69 Å². The van der Waals surface area contributed by atoms with Gasteiger partial charge in [0.15, 0.2) is 5.78 Å². The molecule has 0 atom stereocenters. The molecule has 3 rings (SSSR count). The summed E-state index contributed by atoms with van der Waals surface area (Å²) in [5.74, 6) is 0.367. The molecule has 0 saturated carbocycles. The van der Waals surface area contributed by atoms with E-state index in [9.17, 15) is 13.2 Å². The zero-order chi connectivity index (χ0) is 19.1. The summed E-state index contributed by atoms with van der Waals surface area (Å²) in [7, 11) is -3.74. The van der Waals surface area contributed by atoms with Crippen LogP contribution in [-0.4, -0.2) is 14.2 Å². The number of sulfonamides is 1. The summed E-state index contributed by atoms with van der Waals surface area (Å²) >= 11 is 3.39. The summed E-state index contributed by atoms with van der Waals surface area (Å²) in [6, 6.07) is 9.98. The highest BCUT2D eigenvalue weighted by molar-refractivity contribution is 9.10. The van der Waals surface area contributed by atoms with Gasteiger partial charge in [0, 0.05) is 5.39 Å². The summed E-state index contributed by atoms with van der Waals surface area (Å²) in [5, 5.41) is 0.573. The molecule has 136 valence electrons. The SMILES string of the molecule is CCc1ccc(S(=O)(=O)Nc2cc(Br)c3oc(C)c(C(C)=O)c3c2)cc1. The zero-order valence-corrected chi connectivity index (χ0v) is 17.0. The fourth-order valence-electron chi connectivity index (χ4n) is 2.89. The first-order chi connectivity index (χ1) is 12.2. The van der Waals surface area contributed by atoms with Gasteiger partial charge in [-0.3, -0.25) is 9.52 Å².